The second kappa shape index (κ2) is 5.53. The normalized spacial score (nSPS) is 11.2. The first-order chi connectivity index (χ1) is 7.51. The third-order valence-electron chi connectivity index (χ3n) is 2.92. The van der Waals surface area contributed by atoms with Crippen molar-refractivity contribution < 1.29 is 4.74 Å². The van der Waals surface area contributed by atoms with Crippen LogP contribution in [-0.4, -0.2) is 6.61 Å². The van der Waals surface area contributed by atoms with Crippen LogP contribution in [0.4, 0.5) is 0 Å². The lowest BCUT2D eigenvalue weighted by molar-refractivity contribution is 0.362. The van der Waals surface area contributed by atoms with Gasteiger partial charge < -0.3 is 4.74 Å². The van der Waals surface area contributed by atoms with Crippen molar-refractivity contribution in [3.05, 3.63) is 40.9 Å². The molecule has 0 aromatic heterocycles. The smallest absolute Gasteiger partial charge is 0.120 e. The summed E-state index contributed by atoms with van der Waals surface area (Å²) in [4.78, 5) is 0. The third kappa shape index (κ3) is 3.11. The summed E-state index contributed by atoms with van der Waals surface area (Å²) in [6.07, 6.45) is 2.86. The van der Waals surface area contributed by atoms with E-state index in [4.69, 9.17) is 4.74 Å². The maximum Gasteiger partial charge on any atom is 0.120 e. The minimum atomic E-state index is 0.190. The summed E-state index contributed by atoms with van der Waals surface area (Å²) >= 11 is 3.61. The van der Waals surface area contributed by atoms with Crippen molar-refractivity contribution in [2.45, 2.75) is 32.6 Å². The highest BCUT2D eigenvalue weighted by Crippen LogP contribution is 2.34. The summed E-state index contributed by atoms with van der Waals surface area (Å²) in [5.74, 6) is 0.877. The summed E-state index contributed by atoms with van der Waals surface area (Å²) in [5, 5.41) is 0. The Bertz CT molecular complexity index is 369. The third-order valence-corrected chi connectivity index (χ3v) is 3.58. The van der Waals surface area contributed by atoms with Gasteiger partial charge in [-0.2, -0.15) is 0 Å². The molecule has 0 atom stereocenters. The van der Waals surface area contributed by atoms with Crippen molar-refractivity contribution in [1.29, 1.82) is 0 Å². The van der Waals surface area contributed by atoms with Gasteiger partial charge in [-0.3, -0.25) is 0 Å². The molecule has 88 valence electrons. The first kappa shape index (κ1) is 13.3. The quantitative estimate of drug-likeness (QED) is 0.712. The van der Waals surface area contributed by atoms with E-state index in [1.807, 2.05) is 12.1 Å². The van der Waals surface area contributed by atoms with Gasteiger partial charge in [0.2, 0.25) is 0 Å². The second-order valence-electron chi connectivity index (χ2n) is 4.48. The van der Waals surface area contributed by atoms with Gasteiger partial charge in [-0.05, 0) is 29.5 Å². The number of benzene rings is 1. The molecule has 0 radical (unpaired) electrons. The number of hydrogen-bond donors (Lipinski definition) is 0. The van der Waals surface area contributed by atoms with Crippen LogP contribution < -0.4 is 4.74 Å². The fraction of sp³-hybridized carbons (Fsp3) is 0.429. The molecule has 0 spiro atoms. The highest BCUT2D eigenvalue weighted by Gasteiger charge is 2.20. The SMILES string of the molecule is C=CCOc1ccc(C(C)(C)CC)c(Br)c1. The predicted molar refractivity (Wildman–Crippen MR) is 73.2 cm³/mol. The summed E-state index contributed by atoms with van der Waals surface area (Å²) < 4.78 is 6.60. The van der Waals surface area contributed by atoms with Crippen LogP contribution in [0.5, 0.6) is 5.75 Å². The van der Waals surface area contributed by atoms with Gasteiger partial charge in [0.25, 0.3) is 0 Å². The molecule has 0 saturated heterocycles. The number of rotatable bonds is 5. The first-order valence-corrected chi connectivity index (χ1v) is 6.34. The molecule has 0 unspecified atom stereocenters. The minimum Gasteiger partial charge on any atom is -0.490 e. The highest BCUT2D eigenvalue weighted by molar-refractivity contribution is 9.10. The van der Waals surface area contributed by atoms with Gasteiger partial charge in [0.15, 0.2) is 0 Å². The topological polar surface area (TPSA) is 9.23 Å². The largest absolute Gasteiger partial charge is 0.490 e. The van der Waals surface area contributed by atoms with Crippen LogP contribution in [0.1, 0.15) is 32.8 Å². The van der Waals surface area contributed by atoms with Gasteiger partial charge in [0.1, 0.15) is 12.4 Å². The van der Waals surface area contributed by atoms with Crippen LogP contribution in [0.15, 0.2) is 35.3 Å². The Labute approximate surface area is 107 Å². The molecule has 0 aliphatic carbocycles. The van der Waals surface area contributed by atoms with Crippen molar-refractivity contribution in [3.63, 3.8) is 0 Å². The molecule has 0 saturated carbocycles. The van der Waals surface area contributed by atoms with E-state index in [1.54, 1.807) is 6.08 Å². The zero-order chi connectivity index (χ0) is 12.2. The molecule has 1 aromatic rings. The molecule has 1 aromatic carbocycles. The van der Waals surface area contributed by atoms with Crippen LogP contribution in [-0.2, 0) is 5.41 Å². The molecular formula is C14H19BrO. The first-order valence-electron chi connectivity index (χ1n) is 5.55. The van der Waals surface area contributed by atoms with E-state index >= 15 is 0 Å². The maximum absolute atomic E-state index is 5.49. The van der Waals surface area contributed by atoms with Gasteiger partial charge >= 0.3 is 0 Å². The molecule has 1 nitrogen and oxygen atoms in total. The van der Waals surface area contributed by atoms with Crippen molar-refractivity contribution in [2.75, 3.05) is 6.61 Å². The van der Waals surface area contributed by atoms with Crippen molar-refractivity contribution >= 4 is 15.9 Å². The lowest BCUT2D eigenvalue weighted by atomic mass is 9.82. The van der Waals surface area contributed by atoms with Crippen molar-refractivity contribution in [1.82, 2.24) is 0 Å². The Balaban J connectivity index is 2.95. The summed E-state index contributed by atoms with van der Waals surface area (Å²) in [6.45, 7) is 10.9. The van der Waals surface area contributed by atoms with Crippen molar-refractivity contribution in [3.8, 4) is 5.75 Å². The van der Waals surface area contributed by atoms with E-state index < -0.39 is 0 Å². The Morgan fingerprint density at radius 2 is 2.12 bits per heavy atom. The van der Waals surface area contributed by atoms with Gasteiger partial charge in [-0.25, -0.2) is 0 Å². The molecule has 1 rings (SSSR count). The van der Waals surface area contributed by atoms with Crippen molar-refractivity contribution in [2.24, 2.45) is 0 Å². The zero-order valence-electron chi connectivity index (χ0n) is 10.2. The second-order valence-corrected chi connectivity index (χ2v) is 5.33. The van der Waals surface area contributed by atoms with E-state index in [0.29, 0.717) is 6.61 Å². The monoisotopic (exact) mass is 282 g/mol. The minimum absolute atomic E-state index is 0.190. The van der Waals surface area contributed by atoms with E-state index in [2.05, 4.69) is 49.3 Å². The Morgan fingerprint density at radius 1 is 1.44 bits per heavy atom. The van der Waals surface area contributed by atoms with E-state index in [-0.39, 0.29) is 5.41 Å². The average Bonchev–Trinajstić information content (AvgIpc) is 2.26. The fourth-order valence-corrected chi connectivity index (χ4v) is 2.37. The molecule has 16 heavy (non-hydrogen) atoms. The Morgan fingerprint density at radius 3 is 2.62 bits per heavy atom. The number of hydrogen-bond acceptors (Lipinski definition) is 1. The Kier molecular flexibility index (Phi) is 4.60. The molecule has 0 fully saturated rings. The lowest BCUT2D eigenvalue weighted by Gasteiger charge is -2.25. The van der Waals surface area contributed by atoms with E-state index in [1.165, 1.54) is 5.56 Å². The molecule has 0 N–H and O–H groups in total. The zero-order valence-corrected chi connectivity index (χ0v) is 11.8. The average molecular weight is 283 g/mol. The van der Waals surface area contributed by atoms with Gasteiger partial charge in [0.05, 0.1) is 0 Å². The van der Waals surface area contributed by atoms with Gasteiger partial charge in [-0.15, -0.1) is 0 Å². The Hall–Kier alpha value is -0.760. The molecule has 0 heterocycles. The summed E-state index contributed by atoms with van der Waals surface area (Å²) in [6, 6.07) is 6.17. The van der Waals surface area contributed by atoms with E-state index in [9.17, 15) is 0 Å². The molecule has 0 bridgehead atoms. The molecular weight excluding hydrogens is 264 g/mol. The maximum atomic E-state index is 5.49. The van der Waals surface area contributed by atoms with Crippen LogP contribution in [0.25, 0.3) is 0 Å². The predicted octanol–water partition coefficient (Wildman–Crippen LogP) is 4.70. The van der Waals surface area contributed by atoms with Gasteiger partial charge in [0, 0.05) is 4.47 Å². The molecule has 0 amide bonds. The fourth-order valence-electron chi connectivity index (χ4n) is 1.48. The number of halogens is 1. The van der Waals surface area contributed by atoms with Crippen LogP contribution in [0.3, 0.4) is 0 Å². The molecule has 0 aliphatic rings. The highest BCUT2D eigenvalue weighted by atomic mass is 79.9. The van der Waals surface area contributed by atoms with Crippen LogP contribution in [0, 0.1) is 0 Å². The number of ether oxygens (including phenoxy) is 1. The molecule has 0 aliphatic heterocycles. The van der Waals surface area contributed by atoms with Gasteiger partial charge in [-0.1, -0.05) is 55.4 Å². The van der Waals surface area contributed by atoms with E-state index in [0.717, 1.165) is 16.6 Å². The standard InChI is InChI=1S/C14H19BrO/c1-5-9-16-11-7-8-12(13(15)10-11)14(3,4)6-2/h5,7-8,10H,1,6,9H2,2-4H3. The summed E-state index contributed by atoms with van der Waals surface area (Å²) in [7, 11) is 0. The van der Waals surface area contributed by atoms with Crippen LogP contribution in [0.2, 0.25) is 0 Å². The van der Waals surface area contributed by atoms with Crippen LogP contribution >= 0.6 is 15.9 Å². The summed E-state index contributed by atoms with van der Waals surface area (Å²) in [5.41, 5.74) is 1.51. The lowest BCUT2D eigenvalue weighted by Crippen LogP contribution is -2.16. The molecule has 2 heteroatoms.